The lowest BCUT2D eigenvalue weighted by Gasteiger charge is -2.22. The number of carboxylic acid groups (broad SMARTS) is 1. The Morgan fingerprint density at radius 3 is 2.39 bits per heavy atom. The molecule has 2 aromatic rings. The number of carboxylic acids is 1. The van der Waals surface area contributed by atoms with Crippen LogP contribution in [0.2, 0.25) is 10.0 Å². The van der Waals surface area contributed by atoms with Gasteiger partial charge in [-0.25, -0.2) is 8.42 Å². The molecular formula is C23H29Cl2N5O7S. The van der Waals surface area contributed by atoms with Crippen molar-refractivity contribution in [2.24, 2.45) is 11.5 Å². The van der Waals surface area contributed by atoms with Crippen LogP contribution in [0.1, 0.15) is 18.4 Å². The summed E-state index contributed by atoms with van der Waals surface area (Å²) in [6.07, 6.45) is 0.0866. The van der Waals surface area contributed by atoms with Crippen LogP contribution in [0.5, 0.6) is 11.5 Å². The number of rotatable bonds is 13. The van der Waals surface area contributed by atoms with Gasteiger partial charge in [-0.3, -0.25) is 19.9 Å². The van der Waals surface area contributed by atoms with Gasteiger partial charge in [0.1, 0.15) is 11.8 Å². The lowest BCUT2D eigenvalue weighted by atomic mass is 10.1. The molecule has 0 spiro atoms. The Kier molecular flexibility index (Phi) is 11.0. The summed E-state index contributed by atoms with van der Waals surface area (Å²) in [7, 11) is -1.58. The van der Waals surface area contributed by atoms with Crippen LogP contribution in [0, 0.1) is 5.41 Å². The first-order valence-electron chi connectivity index (χ1n) is 11.1. The molecule has 0 aliphatic carbocycles. The Bertz CT molecular complexity index is 1310. The summed E-state index contributed by atoms with van der Waals surface area (Å²) < 4.78 is 37.5. The zero-order valence-electron chi connectivity index (χ0n) is 20.7. The van der Waals surface area contributed by atoms with E-state index in [1.165, 1.54) is 26.4 Å². The maximum atomic E-state index is 13.4. The normalized spacial score (nSPS) is 11.9. The van der Waals surface area contributed by atoms with Crippen LogP contribution in [0.3, 0.4) is 0 Å². The highest BCUT2D eigenvalue weighted by molar-refractivity contribution is 7.92. The summed E-state index contributed by atoms with van der Waals surface area (Å²) in [4.78, 5) is 24.3. The third-order valence-electron chi connectivity index (χ3n) is 5.42. The molecule has 7 N–H and O–H groups in total. The maximum absolute atomic E-state index is 13.4. The standard InChI is InChI=1S/C23H29Cl2N5O7S/c1-36-17-7-8-18(20(21(17)37-2)29-11-13-5-6-14(24)15(25)10-13)38(34,35)12-19(31)30(23(27)28)9-3-4-16(26)22(32)33/h5-8,10,16,29H,3-4,9,11-12,26H2,1-2H3,(H3,27,28)(H,32,33). The average molecular weight is 590 g/mol. The van der Waals surface area contributed by atoms with Crippen LogP contribution in [0.15, 0.2) is 35.2 Å². The second kappa shape index (κ2) is 13.5. The number of guanidine groups is 1. The number of halogens is 2. The smallest absolute Gasteiger partial charge is 0.320 e. The molecule has 1 unspecified atom stereocenters. The summed E-state index contributed by atoms with van der Waals surface area (Å²) in [5, 5.41) is 20.3. The molecule has 0 radical (unpaired) electrons. The summed E-state index contributed by atoms with van der Waals surface area (Å²) >= 11 is 12.0. The molecule has 0 aromatic heterocycles. The minimum Gasteiger partial charge on any atom is -0.493 e. The fourth-order valence-electron chi connectivity index (χ4n) is 3.47. The van der Waals surface area contributed by atoms with Gasteiger partial charge in [-0.15, -0.1) is 0 Å². The molecule has 0 saturated carbocycles. The number of hydrogen-bond donors (Lipinski definition) is 5. The van der Waals surface area contributed by atoms with Gasteiger partial charge in [-0.1, -0.05) is 29.3 Å². The van der Waals surface area contributed by atoms with E-state index in [2.05, 4.69) is 5.32 Å². The summed E-state index contributed by atoms with van der Waals surface area (Å²) in [5.41, 5.74) is 11.7. The molecule has 1 amide bonds. The number of benzene rings is 2. The number of ether oxygens (including phenoxy) is 2. The van der Waals surface area contributed by atoms with Gasteiger partial charge in [-0.05, 0) is 42.7 Å². The highest BCUT2D eigenvalue weighted by atomic mass is 35.5. The number of amides is 1. The summed E-state index contributed by atoms with van der Waals surface area (Å²) in [6, 6.07) is 6.40. The van der Waals surface area contributed by atoms with Gasteiger partial charge in [0, 0.05) is 13.1 Å². The summed E-state index contributed by atoms with van der Waals surface area (Å²) in [6.45, 7) is -0.0562. The van der Waals surface area contributed by atoms with Crippen molar-refractivity contribution in [2.45, 2.75) is 30.3 Å². The molecule has 0 aliphatic heterocycles. The van der Waals surface area contributed by atoms with Crippen molar-refractivity contribution in [3.8, 4) is 11.5 Å². The third kappa shape index (κ3) is 7.87. The number of nitrogens with zero attached hydrogens (tertiary/aromatic N) is 1. The van der Waals surface area contributed by atoms with E-state index in [1.54, 1.807) is 18.2 Å². The minimum absolute atomic E-state index is 0.00238. The number of methoxy groups -OCH3 is 2. The molecule has 2 rings (SSSR count). The first-order chi connectivity index (χ1) is 17.8. The fraction of sp³-hybridized carbons (Fsp3) is 0.348. The first-order valence-corrected chi connectivity index (χ1v) is 13.5. The lowest BCUT2D eigenvalue weighted by molar-refractivity contribution is -0.138. The van der Waals surface area contributed by atoms with Crippen molar-refractivity contribution in [3.05, 3.63) is 45.9 Å². The largest absolute Gasteiger partial charge is 0.493 e. The lowest BCUT2D eigenvalue weighted by Crippen LogP contribution is -2.45. The molecule has 0 heterocycles. The molecule has 0 fully saturated rings. The Morgan fingerprint density at radius 2 is 1.84 bits per heavy atom. The highest BCUT2D eigenvalue weighted by Gasteiger charge is 2.30. The second-order valence-electron chi connectivity index (χ2n) is 8.05. The molecule has 38 heavy (non-hydrogen) atoms. The van der Waals surface area contributed by atoms with Gasteiger partial charge in [0.25, 0.3) is 0 Å². The second-order valence-corrected chi connectivity index (χ2v) is 10.8. The predicted molar refractivity (Wildman–Crippen MR) is 144 cm³/mol. The monoisotopic (exact) mass is 589 g/mol. The van der Waals surface area contributed by atoms with Gasteiger partial charge >= 0.3 is 5.97 Å². The van der Waals surface area contributed by atoms with Crippen molar-refractivity contribution in [3.63, 3.8) is 0 Å². The topological polar surface area (TPSA) is 198 Å². The first kappa shape index (κ1) is 31.0. The van der Waals surface area contributed by atoms with E-state index in [4.69, 9.17) is 54.7 Å². The zero-order chi connectivity index (χ0) is 28.6. The Morgan fingerprint density at radius 1 is 1.16 bits per heavy atom. The molecule has 1 atom stereocenters. The van der Waals surface area contributed by atoms with Crippen molar-refractivity contribution in [1.82, 2.24) is 4.90 Å². The van der Waals surface area contributed by atoms with Crippen LogP contribution >= 0.6 is 23.2 Å². The Labute approximate surface area is 230 Å². The van der Waals surface area contributed by atoms with E-state index in [-0.39, 0.29) is 48.0 Å². The highest BCUT2D eigenvalue weighted by Crippen LogP contribution is 2.40. The molecular weight excluding hydrogens is 561 g/mol. The van der Waals surface area contributed by atoms with E-state index < -0.39 is 39.5 Å². The fourth-order valence-corrected chi connectivity index (χ4v) is 5.17. The maximum Gasteiger partial charge on any atom is 0.320 e. The number of anilines is 1. The number of sulfone groups is 1. The van der Waals surface area contributed by atoms with Crippen molar-refractivity contribution < 1.29 is 32.6 Å². The van der Waals surface area contributed by atoms with Gasteiger partial charge < -0.3 is 31.4 Å². The average Bonchev–Trinajstić information content (AvgIpc) is 2.85. The quantitative estimate of drug-likeness (QED) is 0.170. The predicted octanol–water partition coefficient (Wildman–Crippen LogP) is 2.31. The van der Waals surface area contributed by atoms with Gasteiger partial charge in [0.05, 0.1) is 34.8 Å². The number of nitrogens with two attached hydrogens (primary N) is 2. The molecule has 2 aromatic carbocycles. The van der Waals surface area contributed by atoms with Crippen molar-refractivity contribution in [2.75, 3.05) is 31.8 Å². The van der Waals surface area contributed by atoms with Crippen LogP contribution in [0.25, 0.3) is 0 Å². The number of carbonyl (C=O) groups excluding carboxylic acids is 1. The van der Waals surface area contributed by atoms with Crippen LogP contribution < -0.4 is 26.3 Å². The minimum atomic E-state index is -4.31. The number of aliphatic carboxylic acids is 1. The van der Waals surface area contributed by atoms with E-state index in [0.717, 1.165) is 4.90 Å². The van der Waals surface area contributed by atoms with Crippen molar-refractivity contribution in [1.29, 1.82) is 5.41 Å². The molecule has 0 aliphatic rings. The van der Waals surface area contributed by atoms with E-state index in [0.29, 0.717) is 15.6 Å². The third-order valence-corrected chi connectivity index (χ3v) is 7.79. The van der Waals surface area contributed by atoms with E-state index >= 15 is 0 Å². The Hall–Kier alpha value is -3.26. The molecule has 208 valence electrons. The molecule has 0 bridgehead atoms. The van der Waals surface area contributed by atoms with Gasteiger partial charge in [0.15, 0.2) is 27.3 Å². The van der Waals surface area contributed by atoms with E-state index in [1.807, 2.05) is 0 Å². The van der Waals surface area contributed by atoms with Crippen molar-refractivity contribution >= 4 is 56.6 Å². The molecule has 0 saturated heterocycles. The number of nitrogens with one attached hydrogen (secondary N) is 2. The summed E-state index contributed by atoms with van der Waals surface area (Å²) in [5.74, 6) is -3.55. The molecule has 15 heteroatoms. The van der Waals surface area contributed by atoms with Crippen LogP contribution in [-0.2, 0) is 26.0 Å². The zero-order valence-corrected chi connectivity index (χ0v) is 23.0. The van der Waals surface area contributed by atoms with Gasteiger partial charge in [0.2, 0.25) is 5.91 Å². The number of carbonyl (C=O) groups is 2. The van der Waals surface area contributed by atoms with Gasteiger partial charge in [-0.2, -0.15) is 0 Å². The Balaban J connectivity index is 2.36. The van der Waals surface area contributed by atoms with E-state index in [9.17, 15) is 18.0 Å². The number of hydrogen-bond acceptors (Lipinski definition) is 9. The SMILES string of the molecule is COc1ccc(S(=O)(=O)CC(=O)N(CCCC(N)C(=O)O)C(=N)N)c(NCc2ccc(Cl)c(Cl)c2)c1OC. The van der Waals surface area contributed by atoms with Crippen LogP contribution in [0.4, 0.5) is 5.69 Å². The molecule has 12 nitrogen and oxygen atoms in total. The van der Waals surface area contributed by atoms with Crippen LogP contribution in [-0.4, -0.2) is 68.8 Å².